The molecule has 0 saturated carbocycles. The van der Waals surface area contributed by atoms with E-state index < -0.39 is 0 Å². The van der Waals surface area contributed by atoms with Crippen LogP contribution >= 0.6 is 0 Å². The fraction of sp³-hybridized carbons (Fsp3) is 0.353. The van der Waals surface area contributed by atoms with Crippen LogP contribution in [0.15, 0.2) is 47.1 Å². The van der Waals surface area contributed by atoms with Crippen LogP contribution in [0.3, 0.4) is 0 Å². The third-order valence-corrected chi connectivity index (χ3v) is 4.14. The Morgan fingerprint density at radius 1 is 1.23 bits per heavy atom. The third-order valence-electron chi connectivity index (χ3n) is 4.14. The van der Waals surface area contributed by atoms with E-state index >= 15 is 0 Å². The van der Waals surface area contributed by atoms with E-state index in [0.29, 0.717) is 18.2 Å². The molecule has 0 unspecified atom stereocenters. The Bertz CT molecular complexity index is 599. The summed E-state index contributed by atoms with van der Waals surface area (Å²) in [6.07, 6.45) is 3.49. The maximum Gasteiger partial charge on any atom is 0.317 e. The summed E-state index contributed by atoms with van der Waals surface area (Å²) in [5.74, 6) is 1.50. The molecule has 1 aliphatic heterocycles. The number of aromatic hydroxyl groups is 1. The van der Waals surface area contributed by atoms with Crippen molar-refractivity contribution in [3.8, 4) is 5.75 Å². The Morgan fingerprint density at radius 2 is 1.95 bits per heavy atom. The molecule has 22 heavy (non-hydrogen) atoms. The van der Waals surface area contributed by atoms with E-state index in [2.05, 4.69) is 5.32 Å². The van der Waals surface area contributed by atoms with Gasteiger partial charge in [0.15, 0.2) is 0 Å². The average Bonchev–Trinajstić information content (AvgIpc) is 3.07. The predicted molar refractivity (Wildman–Crippen MR) is 82.6 cm³/mol. The summed E-state index contributed by atoms with van der Waals surface area (Å²) in [7, 11) is 0. The van der Waals surface area contributed by atoms with Crippen molar-refractivity contribution < 1.29 is 14.3 Å². The minimum Gasteiger partial charge on any atom is -0.508 e. The van der Waals surface area contributed by atoms with Crippen LogP contribution in [0.25, 0.3) is 0 Å². The molecule has 5 heteroatoms. The van der Waals surface area contributed by atoms with Crippen LogP contribution in [0.5, 0.6) is 5.75 Å². The van der Waals surface area contributed by atoms with Crippen LogP contribution in [0.1, 0.15) is 30.1 Å². The Morgan fingerprint density at radius 3 is 2.59 bits per heavy atom. The van der Waals surface area contributed by atoms with Gasteiger partial charge >= 0.3 is 6.03 Å². The summed E-state index contributed by atoms with van der Waals surface area (Å²) < 4.78 is 5.20. The van der Waals surface area contributed by atoms with E-state index in [1.54, 1.807) is 18.4 Å². The quantitative estimate of drug-likeness (QED) is 0.915. The topological polar surface area (TPSA) is 65.7 Å². The Labute approximate surface area is 129 Å². The van der Waals surface area contributed by atoms with E-state index in [4.69, 9.17) is 4.42 Å². The van der Waals surface area contributed by atoms with Gasteiger partial charge in [0.1, 0.15) is 11.5 Å². The maximum absolute atomic E-state index is 12.1. The molecule has 1 aliphatic rings. The van der Waals surface area contributed by atoms with Gasteiger partial charge in [-0.15, -0.1) is 0 Å². The minimum absolute atomic E-state index is 0.0412. The fourth-order valence-corrected chi connectivity index (χ4v) is 2.85. The van der Waals surface area contributed by atoms with E-state index in [1.807, 2.05) is 29.2 Å². The Hall–Kier alpha value is -2.43. The number of benzene rings is 1. The minimum atomic E-state index is -0.0412. The summed E-state index contributed by atoms with van der Waals surface area (Å²) >= 11 is 0. The zero-order chi connectivity index (χ0) is 15.4. The van der Waals surface area contributed by atoms with Gasteiger partial charge < -0.3 is 19.7 Å². The van der Waals surface area contributed by atoms with E-state index in [0.717, 1.165) is 31.7 Å². The van der Waals surface area contributed by atoms with Gasteiger partial charge in [-0.05, 0) is 48.6 Å². The molecule has 116 valence electrons. The normalized spacial score (nSPS) is 15.7. The molecule has 0 spiro atoms. The number of furan rings is 1. The molecule has 1 aromatic carbocycles. The van der Waals surface area contributed by atoms with Gasteiger partial charge in [0, 0.05) is 13.1 Å². The predicted octanol–water partition coefficient (Wildman–Crippen LogP) is 3.07. The van der Waals surface area contributed by atoms with Crippen molar-refractivity contribution in [1.29, 1.82) is 0 Å². The number of rotatable bonds is 3. The van der Waals surface area contributed by atoms with Crippen molar-refractivity contribution in [2.75, 3.05) is 13.1 Å². The highest BCUT2D eigenvalue weighted by atomic mass is 16.3. The van der Waals surface area contributed by atoms with Crippen molar-refractivity contribution in [3.05, 3.63) is 54.0 Å². The fourth-order valence-electron chi connectivity index (χ4n) is 2.85. The number of hydrogen-bond acceptors (Lipinski definition) is 3. The number of phenols is 1. The Kier molecular flexibility index (Phi) is 4.32. The van der Waals surface area contributed by atoms with Crippen LogP contribution in [0.2, 0.25) is 0 Å². The smallest absolute Gasteiger partial charge is 0.317 e. The molecule has 3 rings (SSSR count). The number of hydrogen-bond donors (Lipinski definition) is 2. The second-order valence-electron chi connectivity index (χ2n) is 5.59. The Balaban J connectivity index is 1.48. The summed E-state index contributed by atoms with van der Waals surface area (Å²) in [5.41, 5.74) is 1.23. The zero-order valence-electron chi connectivity index (χ0n) is 12.4. The molecule has 2 heterocycles. The highest BCUT2D eigenvalue weighted by Crippen LogP contribution is 2.28. The molecule has 2 aromatic rings. The van der Waals surface area contributed by atoms with Gasteiger partial charge in [0.2, 0.25) is 0 Å². The highest BCUT2D eigenvalue weighted by molar-refractivity contribution is 5.74. The molecule has 2 amide bonds. The van der Waals surface area contributed by atoms with Crippen LogP contribution in [0.4, 0.5) is 4.79 Å². The molecular weight excluding hydrogens is 280 g/mol. The lowest BCUT2D eigenvalue weighted by Gasteiger charge is -2.32. The van der Waals surface area contributed by atoms with E-state index in [9.17, 15) is 9.90 Å². The summed E-state index contributed by atoms with van der Waals surface area (Å²) in [5, 5.41) is 12.2. The number of nitrogens with one attached hydrogen (secondary N) is 1. The first-order valence-corrected chi connectivity index (χ1v) is 7.56. The van der Waals surface area contributed by atoms with Crippen molar-refractivity contribution >= 4 is 6.03 Å². The molecule has 0 aliphatic carbocycles. The number of carbonyl (C=O) groups excluding carboxylic acids is 1. The SMILES string of the molecule is O=C(NCc1ccco1)N1CCC(c2ccc(O)cc2)CC1. The lowest BCUT2D eigenvalue weighted by molar-refractivity contribution is 0.180. The van der Waals surface area contributed by atoms with Gasteiger partial charge in [-0.2, -0.15) is 0 Å². The van der Waals surface area contributed by atoms with Crippen molar-refractivity contribution in [3.63, 3.8) is 0 Å². The number of amides is 2. The van der Waals surface area contributed by atoms with E-state index in [-0.39, 0.29) is 6.03 Å². The van der Waals surface area contributed by atoms with Crippen LogP contribution < -0.4 is 5.32 Å². The van der Waals surface area contributed by atoms with Crippen molar-refractivity contribution in [1.82, 2.24) is 10.2 Å². The monoisotopic (exact) mass is 300 g/mol. The molecule has 0 radical (unpaired) electrons. The average molecular weight is 300 g/mol. The van der Waals surface area contributed by atoms with E-state index in [1.165, 1.54) is 5.56 Å². The van der Waals surface area contributed by atoms with Crippen molar-refractivity contribution in [2.24, 2.45) is 0 Å². The van der Waals surface area contributed by atoms with Crippen LogP contribution in [-0.2, 0) is 6.54 Å². The molecule has 1 saturated heterocycles. The van der Waals surface area contributed by atoms with Crippen molar-refractivity contribution in [2.45, 2.75) is 25.3 Å². The molecular formula is C17H20N2O3. The molecule has 0 atom stereocenters. The van der Waals surface area contributed by atoms with Crippen LogP contribution in [0, 0.1) is 0 Å². The molecule has 5 nitrogen and oxygen atoms in total. The van der Waals surface area contributed by atoms with Gasteiger partial charge in [-0.3, -0.25) is 0 Å². The molecule has 2 N–H and O–H groups in total. The molecule has 0 bridgehead atoms. The molecule has 1 fully saturated rings. The largest absolute Gasteiger partial charge is 0.508 e. The van der Waals surface area contributed by atoms with Gasteiger partial charge in [0.25, 0.3) is 0 Å². The third kappa shape index (κ3) is 3.42. The number of nitrogens with zero attached hydrogens (tertiary/aromatic N) is 1. The maximum atomic E-state index is 12.1. The summed E-state index contributed by atoms with van der Waals surface area (Å²) in [6, 6.07) is 11.0. The van der Waals surface area contributed by atoms with Gasteiger partial charge in [-0.25, -0.2) is 4.79 Å². The highest BCUT2D eigenvalue weighted by Gasteiger charge is 2.23. The first kappa shape index (κ1) is 14.5. The first-order chi connectivity index (χ1) is 10.7. The first-order valence-electron chi connectivity index (χ1n) is 7.56. The second-order valence-corrected chi connectivity index (χ2v) is 5.59. The number of phenolic OH excluding ortho intramolecular Hbond substituents is 1. The number of carbonyl (C=O) groups is 1. The number of piperidine rings is 1. The zero-order valence-corrected chi connectivity index (χ0v) is 12.4. The number of urea groups is 1. The molecule has 1 aromatic heterocycles. The van der Waals surface area contributed by atoms with Crippen LogP contribution in [-0.4, -0.2) is 29.1 Å². The number of likely N-dealkylation sites (tertiary alicyclic amines) is 1. The standard InChI is InChI=1S/C17H20N2O3/c20-15-5-3-13(4-6-15)14-7-9-19(10-8-14)17(21)18-12-16-2-1-11-22-16/h1-6,11,14,20H,7-10,12H2,(H,18,21). The van der Waals surface area contributed by atoms with Gasteiger partial charge in [-0.1, -0.05) is 12.1 Å². The summed E-state index contributed by atoms with van der Waals surface area (Å²) in [4.78, 5) is 14.0. The summed E-state index contributed by atoms with van der Waals surface area (Å²) in [6.45, 7) is 1.91. The lowest BCUT2D eigenvalue weighted by Crippen LogP contribution is -2.43. The lowest BCUT2D eigenvalue weighted by atomic mass is 9.89. The second kappa shape index (κ2) is 6.56. The van der Waals surface area contributed by atoms with Gasteiger partial charge in [0.05, 0.1) is 12.8 Å².